The molecule has 0 aliphatic heterocycles. The second kappa shape index (κ2) is 8.04. The summed E-state index contributed by atoms with van der Waals surface area (Å²) in [6.07, 6.45) is 4.48. The van der Waals surface area contributed by atoms with E-state index in [2.05, 4.69) is 26.9 Å². The van der Waals surface area contributed by atoms with Crippen molar-refractivity contribution in [2.75, 3.05) is 20.3 Å². The summed E-state index contributed by atoms with van der Waals surface area (Å²) in [5.74, 6) is 6.36. The maximum atomic E-state index is 13.0. The number of pyridine rings is 2. The molecule has 0 spiro atoms. The number of halogens is 1. The standard InChI is InChI=1S/C18H15FN4O2/c1-24-10-11-25-18-14(5-7-16-4-2-3-9-20-16)13-23(22-18)17-8-6-15(19)12-21-17/h2-4,6,8-9,12-13H,10-11H2,1H3. The predicted octanol–water partition coefficient (Wildman–Crippen LogP) is 2.23. The Balaban J connectivity index is 1.91. The van der Waals surface area contributed by atoms with Gasteiger partial charge < -0.3 is 9.47 Å². The number of ether oxygens (including phenoxy) is 2. The van der Waals surface area contributed by atoms with Crippen LogP contribution in [0.15, 0.2) is 48.9 Å². The third-order valence-corrected chi connectivity index (χ3v) is 3.14. The molecule has 0 bridgehead atoms. The molecule has 0 saturated heterocycles. The summed E-state index contributed by atoms with van der Waals surface area (Å²) in [4.78, 5) is 8.16. The molecule has 6 nitrogen and oxygen atoms in total. The van der Waals surface area contributed by atoms with Crippen molar-refractivity contribution in [2.24, 2.45) is 0 Å². The number of hydrogen-bond acceptors (Lipinski definition) is 5. The van der Waals surface area contributed by atoms with Crippen molar-refractivity contribution in [3.63, 3.8) is 0 Å². The maximum absolute atomic E-state index is 13.0. The van der Waals surface area contributed by atoms with Gasteiger partial charge in [-0.05, 0) is 30.2 Å². The Kier molecular flexibility index (Phi) is 5.34. The summed E-state index contributed by atoms with van der Waals surface area (Å²) < 4.78 is 25.1. The topological polar surface area (TPSA) is 62.1 Å². The predicted molar refractivity (Wildman–Crippen MR) is 88.9 cm³/mol. The summed E-state index contributed by atoms with van der Waals surface area (Å²) in [5.41, 5.74) is 1.21. The van der Waals surface area contributed by atoms with Crippen LogP contribution in [0.2, 0.25) is 0 Å². The van der Waals surface area contributed by atoms with Gasteiger partial charge in [0.25, 0.3) is 0 Å². The van der Waals surface area contributed by atoms with Crippen molar-refractivity contribution in [2.45, 2.75) is 0 Å². The van der Waals surface area contributed by atoms with Crippen molar-refractivity contribution in [1.29, 1.82) is 0 Å². The molecule has 3 heterocycles. The van der Waals surface area contributed by atoms with Crippen molar-refractivity contribution >= 4 is 0 Å². The molecule has 0 atom stereocenters. The molecular weight excluding hydrogens is 323 g/mol. The minimum absolute atomic E-state index is 0.336. The van der Waals surface area contributed by atoms with E-state index in [1.807, 2.05) is 18.2 Å². The lowest BCUT2D eigenvalue weighted by molar-refractivity contribution is 0.143. The average Bonchev–Trinajstić information content (AvgIpc) is 3.05. The lowest BCUT2D eigenvalue weighted by atomic mass is 10.3. The van der Waals surface area contributed by atoms with E-state index in [1.54, 1.807) is 19.5 Å². The summed E-state index contributed by atoms with van der Waals surface area (Å²) >= 11 is 0. The first kappa shape index (κ1) is 16.6. The van der Waals surface area contributed by atoms with Gasteiger partial charge in [-0.1, -0.05) is 12.0 Å². The third-order valence-electron chi connectivity index (χ3n) is 3.14. The molecule has 3 aromatic rings. The Hall–Kier alpha value is -3.24. The smallest absolute Gasteiger partial charge is 0.249 e. The van der Waals surface area contributed by atoms with Crippen LogP contribution in [-0.2, 0) is 4.74 Å². The van der Waals surface area contributed by atoms with Crippen LogP contribution in [0.1, 0.15) is 11.3 Å². The fourth-order valence-corrected chi connectivity index (χ4v) is 1.96. The first-order valence-electron chi connectivity index (χ1n) is 7.52. The van der Waals surface area contributed by atoms with Gasteiger partial charge in [0.2, 0.25) is 5.88 Å². The highest BCUT2D eigenvalue weighted by Gasteiger charge is 2.11. The molecule has 3 aromatic heterocycles. The fourth-order valence-electron chi connectivity index (χ4n) is 1.96. The Morgan fingerprint density at radius 1 is 1.12 bits per heavy atom. The van der Waals surface area contributed by atoms with E-state index in [9.17, 15) is 4.39 Å². The monoisotopic (exact) mass is 338 g/mol. The largest absolute Gasteiger partial charge is 0.473 e. The molecule has 25 heavy (non-hydrogen) atoms. The van der Waals surface area contributed by atoms with Gasteiger partial charge in [0.15, 0.2) is 5.82 Å². The second-order valence-electron chi connectivity index (χ2n) is 4.93. The second-order valence-corrected chi connectivity index (χ2v) is 4.93. The van der Waals surface area contributed by atoms with E-state index < -0.39 is 5.82 Å². The average molecular weight is 338 g/mol. The van der Waals surface area contributed by atoms with Crippen LogP contribution in [0.3, 0.4) is 0 Å². The molecule has 126 valence electrons. The van der Waals surface area contributed by atoms with Gasteiger partial charge in [-0.3, -0.25) is 0 Å². The van der Waals surface area contributed by atoms with E-state index in [0.717, 1.165) is 6.20 Å². The van der Waals surface area contributed by atoms with E-state index in [0.29, 0.717) is 36.2 Å². The lowest BCUT2D eigenvalue weighted by Crippen LogP contribution is -2.06. The van der Waals surface area contributed by atoms with Crippen LogP contribution in [0.25, 0.3) is 5.82 Å². The van der Waals surface area contributed by atoms with E-state index in [1.165, 1.54) is 16.8 Å². The summed E-state index contributed by atoms with van der Waals surface area (Å²) in [6, 6.07) is 8.33. The number of hydrogen-bond donors (Lipinski definition) is 0. The van der Waals surface area contributed by atoms with Crippen LogP contribution in [0.5, 0.6) is 5.88 Å². The SMILES string of the molecule is COCCOc1nn(-c2ccc(F)cn2)cc1C#Cc1ccccn1. The highest BCUT2D eigenvalue weighted by atomic mass is 19.1. The maximum Gasteiger partial charge on any atom is 0.249 e. The molecular formula is C18H15FN4O2. The van der Waals surface area contributed by atoms with Gasteiger partial charge in [-0.2, -0.15) is 0 Å². The number of aromatic nitrogens is 4. The molecule has 0 aliphatic carbocycles. The molecule has 0 unspecified atom stereocenters. The van der Waals surface area contributed by atoms with Gasteiger partial charge in [0, 0.05) is 13.3 Å². The first-order valence-corrected chi connectivity index (χ1v) is 7.52. The van der Waals surface area contributed by atoms with Crippen molar-refractivity contribution < 1.29 is 13.9 Å². The molecule has 0 saturated carbocycles. The zero-order valence-electron chi connectivity index (χ0n) is 13.5. The molecule has 0 aromatic carbocycles. The van der Waals surface area contributed by atoms with Gasteiger partial charge in [-0.25, -0.2) is 19.0 Å². The molecule has 3 rings (SSSR count). The lowest BCUT2D eigenvalue weighted by Gasteiger charge is -2.02. The van der Waals surface area contributed by atoms with Gasteiger partial charge in [0.1, 0.15) is 23.7 Å². The van der Waals surface area contributed by atoms with Crippen LogP contribution in [0, 0.1) is 17.7 Å². The summed E-state index contributed by atoms with van der Waals surface area (Å²) in [5, 5.41) is 4.33. The number of rotatable bonds is 5. The van der Waals surface area contributed by atoms with Crippen molar-refractivity contribution in [1.82, 2.24) is 19.7 Å². The quantitative estimate of drug-likeness (QED) is 0.527. The summed E-state index contributed by atoms with van der Waals surface area (Å²) in [6.45, 7) is 0.761. The third kappa shape index (κ3) is 4.40. The fraction of sp³-hybridized carbons (Fsp3) is 0.167. The Morgan fingerprint density at radius 2 is 2.04 bits per heavy atom. The molecule has 0 N–H and O–H groups in total. The molecule has 0 amide bonds. The van der Waals surface area contributed by atoms with Gasteiger partial charge in [0.05, 0.1) is 19.0 Å². The highest BCUT2D eigenvalue weighted by Crippen LogP contribution is 2.17. The zero-order valence-corrected chi connectivity index (χ0v) is 13.5. The van der Waals surface area contributed by atoms with E-state index in [4.69, 9.17) is 9.47 Å². The Morgan fingerprint density at radius 3 is 2.76 bits per heavy atom. The normalized spacial score (nSPS) is 10.2. The van der Waals surface area contributed by atoms with Crippen LogP contribution < -0.4 is 4.74 Å². The summed E-state index contributed by atoms with van der Waals surface area (Å²) in [7, 11) is 1.59. The molecule has 0 fully saturated rings. The molecule has 7 heteroatoms. The van der Waals surface area contributed by atoms with Gasteiger partial charge >= 0.3 is 0 Å². The van der Waals surface area contributed by atoms with Crippen molar-refractivity contribution in [3.8, 4) is 23.5 Å². The van der Waals surface area contributed by atoms with Gasteiger partial charge in [-0.15, -0.1) is 5.10 Å². The van der Waals surface area contributed by atoms with Crippen LogP contribution >= 0.6 is 0 Å². The van der Waals surface area contributed by atoms with Crippen LogP contribution in [0.4, 0.5) is 4.39 Å². The molecule has 0 aliphatic rings. The highest BCUT2D eigenvalue weighted by molar-refractivity contribution is 5.45. The Labute approximate surface area is 144 Å². The number of nitrogens with zero attached hydrogens (tertiary/aromatic N) is 4. The van der Waals surface area contributed by atoms with E-state index in [-0.39, 0.29) is 0 Å². The van der Waals surface area contributed by atoms with Crippen molar-refractivity contribution in [3.05, 3.63) is 66.0 Å². The zero-order chi connectivity index (χ0) is 17.5. The Bertz CT molecular complexity index is 883. The minimum Gasteiger partial charge on any atom is -0.473 e. The number of methoxy groups -OCH3 is 1. The minimum atomic E-state index is -0.414. The van der Waals surface area contributed by atoms with E-state index >= 15 is 0 Å². The van der Waals surface area contributed by atoms with Crippen LogP contribution in [-0.4, -0.2) is 40.1 Å². The first-order chi connectivity index (χ1) is 12.3. The molecule has 0 radical (unpaired) electrons.